The third kappa shape index (κ3) is 3.55. The molecule has 0 spiro atoms. The van der Waals surface area contributed by atoms with Gasteiger partial charge in [-0.2, -0.15) is 8.42 Å². The van der Waals surface area contributed by atoms with Gasteiger partial charge in [-0.15, -0.1) is 0 Å². The third-order valence-corrected chi connectivity index (χ3v) is 1.95. The smallest absolute Gasteiger partial charge is 0.355 e. The SMILES string of the molecule is CSc1ncc(OS(=O)(=O)F)cn1. The van der Waals surface area contributed by atoms with Crippen LogP contribution in [0.4, 0.5) is 3.89 Å². The first kappa shape index (κ1) is 10.2. The molecule has 0 aliphatic heterocycles. The second kappa shape index (κ2) is 3.88. The molecule has 0 radical (unpaired) electrons. The summed E-state index contributed by atoms with van der Waals surface area (Å²) in [4.78, 5) is 7.35. The van der Waals surface area contributed by atoms with Gasteiger partial charge in [0.15, 0.2) is 10.9 Å². The molecule has 72 valence electrons. The predicted octanol–water partition coefficient (Wildman–Crippen LogP) is 0.792. The van der Waals surface area contributed by atoms with Crippen LogP contribution in [0.15, 0.2) is 17.6 Å². The first-order valence-corrected chi connectivity index (χ1v) is 5.55. The molecule has 5 nitrogen and oxygen atoms in total. The van der Waals surface area contributed by atoms with Crippen molar-refractivity contribution in [2.75, 3.05) is 6.26 Å². The van der Waals surface area contributed by atoms with Crippen molar-refractivity contribution < 1.29 is 16.5 Å². The minimum atomic E-state index is -4.98. The largest absolute Gasteiger partial charge is 0.488 e. The van der Waals surface area contributed by atoms with Crippen molar-refractivity contribution in [1.82, 2.24) is 9.97 Å². The molecule has 8 heteroatoms. The highest BCUT2D eigenvalue weighted by atomic mass is 32.3. The van der Waals surface area contributed by atoms with Crippen molar-refractivity contribution in [2.45, 2.75) is 5.16 Å². The monoisotopic (exact) mass is 224 g/mol. The van der Waals surface area contributed by atoms with Crippen LogP contribution in [0, 0.1) is 0 Å². The molecule has 0 saturated carbocycles. The number of aromatic nitrogens is 2. The molecule has 1 aromatic heterocycles. The van der Waals surface area contributed by atoms with E-state index in [9.17, 15) is 12.3 Å². The Hall–Kier alpha value is -0.890. The van der Waals surface area contributed by atoms with Gasteiger partial charge < -0.3 is 4.18 Å². The summed E-state index contributed by atoms with van der Waals surface area (Å²) in [5, 5.41) is 0.448. The highest BCUT2D eigenvalue weighted by Crippen LogP contribution is 2.13. The van der Waals surface area contributed by atoms with Crippen molar-refractivity contribution in [3.05, 3.63) is 12.4 Å². The van der Waals surface area contributed by atoms with Gasteiger partial charge in [-0.1, -0.05) is 15.6 Å². The molecule has 0 aliphatic rings. The van der Waals surface area contributed by atoms with E-state index < -0.39 is 10.5 Å². The van der Waals surface area contributed by atoms with Crippen molar-refractivity contribution in [3.63, 3.8) is 0 Å². The molecule has 0 N–H and O–H groups in total. The van der Waals surface area contributed by atoms with Gasteiger partial charge in [0.25, 0.3) is 0 Å². The Morgan fingerprint density at radius 2 is 2.00 bits per heavy atom. The number of rotatable bonds is 3. The van der Waals surface area contributed by atoms with Crippen LogP contribution in [0.1, 0.15) is 0 Å². The molecule has 1 rings (SSSR count). The van der Waals surface area contributed by atoms with Crippen LogP contribution in [-0.4, -0.2) is 24.6 Å². The maximum Gasteiger partial charge on any atom is 0.488 e. The van der Waals surface area contributed by atoms with Gasteiger partial charge in [0, 0.05) is 0 Å². The standard InChI is InChI=1S/C5H5FN2O3S2/c1-12-5-7-2-4(3-8-5)11-13(6,9)10/h2-3H,1H3. The molecule has 0 atom stereocenters. The summed E-state index contributed by atoms with van der Waals surface area (Å²) >= 11 is 1.27. The average molecular weight is 224 g/mol. The van der Waals surface area contributed by atoms with Gasteiger partial charge in [0.05, 0.1) is 12.4 Å². The molecule has 0 aromatic carbocycles. The Balaban J connectivity index is 2.81. The summed E-state index contributed by atoms with van der Waals surface area (Å²) in [6.07, 6.45) is 3.91. The van der Waals surface area contributed by atoms with Crippen LogP contribution >= 0.6 is 11.8 Å². The summed E-state index contributed by atoms with van der Waals surface area (Å²) in [7, 11) is -4.98. The first-order valence-electron chi connectivity index (χ1n) is 3.01. The maximum absolute atomic E-state index is 11.9. The Morgan fingerprint density at radius 1 is 1.46 bits per heavy atom. The van der Waals surface area contributed by atoms with Gasteiger partial charge in [-0.25, -0.2) is 9.97 Å². The van der Waals surface area contributed by atoms with Gasteiger partial charge in [0.1, 0.15) is 0 Å². The Bertz CT molecular complexity index is 377. The Kier molecular flexibility index (Phi) is 3.04. The molecule has 0 bridgehead atoms. The molecule has 0 saturated heterocycles. The lowest BCUT2D eigenvalue weighted by molar-refractivity contribution is 0.437. The minimum Gasteiger partial charge on any atom is -0.355 e. The van der Waals surface area contributed by atoms with Crippen LogP contribution in [0.25, 0.3) is 0 Å². The second-order valence-electron chi connectivity index (χ2n) is 1.88. The van der Waals surface area contributed by atoms with Gasteiger partial charge in [-0.3, -0.25) is 0 Å². The van der Waals surface area contributed by atoms with Crippen molar-refractivity contribution in [1.29, 1.82) is 0 Å². The number of thioether (sulfide) groups is 1. The average Bonchev–Trinajstić information content (AvgIpc) is 2.03. The number of hydrogen-bond acceptors (Lipinski definition) is 6. The molecule has 0 fully saturated rings. The lowest BCUT2D eigenvalue weighted by atomic mass is 10.6. The summed E-state index contributed by atoms with van der Waals surface area (Å²) in [5.74, 6) is -0.250. The number of hydrogen-bond donors (Lipinski definition) is 0. The highest BCUT2D eigenvalue weighted by Gasteiger charge is 2.09. The Morgan fingerprint density at radius 3 is 2.38 bits per heavy atom. The molecule has 1 aromatic rings. The van der Waals surface area contributed by atoms with E-state index in [-0.39, 0.29) is 5.75 Å². The van der Waals surface area contributed by atoms with E-state index in [1.54, 1.807) is 6.26 Å². The molecule has 0 amide bonds. The summed E-state index contributed by atoms with van der Waals surface area (Å²) < 4.78 is 35.8. The quantitative estimate of drug-likeness (QED) is 0.429. The molecular formula is C5H5FN2O3S2. The summed E-state index contributed by atoms with van der Waals surface area (Å²) in [6.45, 7) is 0. The molecule has 1 heterocycles. The van der Waals surface area contributed by atoms with Crippen LogP contribution < -0.4 is 4.18 Å². The molecule has 0 unspecified atom stereocenters. The molecule has 0 aliphatic carbocycles. The second-order valence-corrected chi connectivity index (χ2v) is 3.61. The van der Waals surface area contributed by atoms with E-state index in [0.29, 0.717) is 5.16 Å². The minimum absolute atomic E-state index is 0.250. The van der Waals surface area contributed by atoms with Crippen LogP contribution in [0.2, 0.25) is 0 Å². The normalized spacial score (nSPS) is 11.2. The lowest BCUT2D eigenvalue weighted by Crippen LogP contribution is -2.02. The van der Waals surface area contributed by atoms with Crippen molar-refractivity contribution in [3.8, 4) is 5.75 Å². The van der Waals surface area contributed by atoms with Gasteiger partial charge in [0.2, 0.25) is 0 Å². The lowest BCUT2D eigenvalue weighted by Gasteiger charge is -1.98. The Labute approximate surface area is 78.8 Å². The summed E-state index contributed by atoms with van der Waals surface area (Å²) in [6, 6.07) is 0. The van der Waals surface area contributed by atoms with E-state index in [0.717, 1.165) is 12.4 Å². The summed E-state index contributed by atoms with van der Waals surface area (Å²) in [5.41, 5.74) is 0. The van der Waals surface area contributed by atoms with Gasteiger partial charge in [-0.05, 0) is 6.26 Å². The van der Waals surface area contributed by atoms with E-state index in [2.05, 4.69) is 14.2 Å². The van der Waals surface area contributed by atoms with Crippen molar-refractivity contribution in [2.24, 2.45) is 0 Å². The fraction of sp³-hybridized carbons (Fsp3) is 0.200. The molecule has 13 heavy (non-hydrogen) atoms. The zero-order valence-corrected chi connectivity index (χ0v) is 8.10. The third-order valence-electron chi connectivity index (χ3n) is 0.983. The van der Waals surface area contributed by atoms with E-state index >= 15 is 0 Å². The van der Waals surface area contributed by atoms with E-state index in [4.69, 9.17) is 0 Å². The topological polar surface area (TPSA) is 69.2 Å². The molecular weight excluding hydrogens is 219 g/mol. The predicted molar refractivity (Wildman–Crippen MR) is 44.5 cm³/mol. The zero-order chi connectivity index (χ0) is 9.90. The fourth-order valence-electron chi connectivity index (χ4n) is 0.568. The number of halogens is 1. The zero-order valence-electron chi connectivity index (χ0n) is 6.47. The van der Waals surface area contributed by atoms with E-state index in [1.807, 2.05) is 0 Å². The van der Waals surface area contributed by atoms with Crippen LogP contribution in [-0.2, 0) is 10.5 Å². The number of nitrogens with zero attached hydrogens (tertiary/aromatic N) is 2. The van der Waals surface area contributed by atoms with E-state index in [1.165, 1.54) is 11.8 Å². The van der Waals surface area contributed by atoms with Crippen LogP contribution in [0.5, 0.6) is 5.75 Å². The fourth-order valence-corrected chi connectivity index (χ4v) is 1.20. The van der Waals surface area contributed by atoms with Crippen LogP contribution in [0.3, 0.4) is 0 Å². The van der Waals surface area contributed by atoms with Gasteiger partial charge >= 0.3 is 10.5 Å². The van der Waals surface area contributed by atoms with Crippen molar-refractivity contribution >= 4 is 22.3 Å². The highest BCUT2D eigenvalue weighted by molar-refractivity contribution is 7.98. The maximum atomic E-state index is 11.9. The first-order chi connectivity index (χ1) is 6.01.